The van der Waals surface area contributed by atoms with E-state index in [9.17, 15) is 4.79 Å². The Kier molecular flexibility index (Phi) is 6.88. The molecule has 0 spiro atoms. The topological polar surface area (TPSA) is 59.8 Å². The fourth-order valence-corrected chi connectivity index (χ4v) is 5.49. The van der Waals surface area contributed by atoms with Crippen LogP contribution in [0.3, 0.4) is 0 Å². The molecular formula is C26H26N4OS2. The lowest BCUT2D eigenvalue weighted by Gasteiger charge is -2.19. The van der Waals surface area contributed by atoms with Gasteiger partial charge >= 0.3 is 0 Å². The summed E-state index contributed by atoms with van der Waals surface area (Å²) in [6, 6.07) is 25.1. The molecule has 1 atom stereocenters. The summed E-state index contributed by atoms with van der Waals surface area (Å²) in [4.78, 5) is 14.2. The SMILES string of the molecule is O=C(CSc1nnc(Cc2cccs2)n1C1CC1)NC(Cc1ccccc1)c1ccccc1. The monoisotopic (exact) mass is 474 g/mol. The second-order valence-corrected chi connectivity index (χ2v) is 10.2. The molecule has 0 radical (unpaired) electrons. The highest BCUT2D eigenvalue weighted by Gasteiger charge is 2.30. The highest BCUT2D eigenvalue weighted by atomic mass is 32.2. The van der Waals surface area contributed by atoms with Gasteiger partial charge in [0.05, 0.1) is 11.8 Å². The molecule has 5 rings (SSSR count). The van der Waals surface area contributed by atoms with Crippen LogP contribution in [0.4, 0.5) is 0 Å². The first-order valence-electron chi connectivity index (χ1n) is 11.2. The van der Waals surface area contributed by atoms with Crippen molar-refractivity contribution in [1.82, 2.24) is 20.1 Å². The number of thiophene rings is 1. The Labute approximate surface area is 202 Å². The molecule has 1 amide bonds. The molecule has 2 heterocycles. The van der Waals surface area contributed by atoms with Gasteiger partial charge in [-0.3, -0.25) is 4.79 Å². The van der Waals surface area contributed by atoms with Gasteiger partial charge in [-0.2, -0.15) is 0 Å². The van der Waals surface area contributed by atoms with Crippen molar-refractivity contribution in [3.63, 3.8) is 0 Å². The number of nitrogens with zero attached hydrogens (tertiary/aromatic N) is 3. The lowest BCUT2D eigenvalue weighted by Crippen LogP contribution is -2.31. The number of benzene rings is 2. The van der Waals surface area contributed by atoms with Crippen LogP contribution in [-0.2, 0) is 17.6 Å². The number of amides is 1. The number of aromatic nitrogens is 3. The van der Waals surface area contributed by atoms with Gasteiger partial charge in [0.2, 0.25) is 5.91 Å². The Hall–Kier alpha value is -2.90. The van der Waals surface area contributed by atoms with E-state index in [2.05, 4.69) is 61.9 Å². The second kappa shape index (κ2) is 10.4. The zero-order valence-electron chi connectivity index (χ0n) is 18.3. The van der Waals surface area contributed by atoms with E-state index in [1.807, 2.05) is 36.4 Å². The first kappa shape index (κ1) is 21.9. The van der Waals surface area contributed by atoms with Crippen molar-refractivity contribution in [1.29, 1.82) is 0 Å². The van der Waals surface area contributed by atoms with Gasteiger partial charge in [0.25, 0.3) is 0 Å². The molecule has 0 saturated heterocycles. The standard InChI is InChI=1S/C26H26N4OS2/c31-25(27-23(20-10-5-2-6-11-20)16-19-8-3-1-4-9-19)18-33-26-29-28-24(30(26)21-13-14-21)17-22-12-7-15-32-22/h1-12,15,21,23H,13-14,16-18H2,(H,27,31). The molecule has 33 heavy (non-hydrogen) atoms. The normalized spacial score (nSPS) is 14.2. The van der Waals surface area contributed by atoms with E-state index < -0.39 is 0 Å². The van der Waals surface area contributed by atoms with Gasteiger partial charge < -0.3 is 9.88 Å². The van der Waals surface area contributed by atoms with E-state index >= 15 is 0 Å². The molecule has 5 nitrogen and oxygen atoms in total. The smallest absolute Gasteiger partial charge is 0.230 e. The van der Waals surface area contributed by atoms with Crippen molar-refractivity contribution in [3.05, 3.63) is 100 Å². The van der Waals surface area contributed by atoms with Crippen LogP contribution in [0.5, 0.6) is 0 Å². The van der Waals surface area contributed by atoms with Crippen LogP contribution in [0.1, 0.15) is 46.8 Å². The molecule has 2 aromatic heterocycles. The van der Waals surface area contributed by atoms with Crippen molar-refractivity contribution in [3.8, 4) is 0 Å². The summed E-state index contributed by atoms with van der Waals surface area (Å²) in [7, 11) is 0. The van der Waals surface area contributed by atoms with Crippen LogP contribution in [0, 0.1) is 0 Å². The molecule has 0 bridgehead atoms. The number of hydrogen-bond acceptors (Lipinski definition) is 5. The molecular weight excluding hydrogens is 448 g/mol. The van der Waals surface area contributed by atoms with E-state index in [4.69, 9.17) is 0 Å². The Morgan fingerprint density at radius 2 is 1.79 bits per heavy atom. The molecule has 2 aromatic carbocycles. The average Bonchev–Trinajstić information content (AvgIpc) is 3.40. The highest BCUT2D eigenvalue weighted by Crippen LogP contribution is 2.39. The molecule has 4 aromatic rings. The zero-order chi connectivity index (χ0) is 22.5. The minimum atomic E-state index is -0.0719. The van der Waals surface area contributed by atoms with Gasteiger partial charge in [-0.1, -0.05) is 78.5 Å². The third-order valence-electron chi connectivity index (χ3n) is 5.71. The van der Waals surface area contributed by atoms with Crippen LogP contribution in [0.15, 0.2) is 83.3 Å². The number of hydrogen-bond donors (Lipinski definition) is 1. The number of thioether (sulfide) groups is 1. The summed E-state index contributed by atoms with van der Waals surface area (Å²) in [6.45, 7) is 0. The van der Waals surface area contributed by atoms with Gasteiger partial charge in [0.1, 0.15) is 5.82 Å². The molecule has 1 fully saturated rings. The van der Waals surface area contributed by atoms with Crippen molar-refractivity contribution < 1.29 is 4.79 Å². The van der Waals surface area contributed by atoms with Crippen LogP contribution < -0.4 is 5.32 Å². The van der Waals surface area contributed by atoms with Gasteiger partial charge in [0, 0.05) is 17.3 Å². The molecule has 7 heteroatoms. The van der Waals surface area contributed by atoms with Crippen molar-refractivity contribution >= 4 is 29.0 Å². The van der Waals surface area contributed by atoms with Crippen molar-refractivity contribution in [2.24, 2.45) is 0 Å². The number of carbonyl (C=O) groups excluding carboxylic acids is 1. The number of rotatable bonds is 10. The number of carbonyl (C=O) groups is 1. The van der Waals surface area contributed by atoms with E-state index in [1.54, 1.807) is 11.3 Å². The maximum absolute atomic E-state index is 13.0. The molecule has 1 unspecified atom stereocenters. The van der Waals surface area contributed by atoms with Gasteiger partial charge in [-0.15, -0.1) is 21.5 Å². The summed E-state index contributed by atoms with van der Waals surface area (Å²) >= 11 is 3.22. The Bertz CT molecular complexity index is 1170. The zero-order valence-corrected chi connectivity index (χ0v) is 19.9. The lowest BCUT2D eigenvalue weighted by molar-refractivity contribution is -0.119. The molecule has 1 aliphatic rings. The Morgan fingerprint density at radius 3 is 2.48 bits per heavy atom. The van der Waals surface area contributed by atoms with Crippen LogP contribution in [0.25, 0.3) is 0 Å². The minimum Gasteiger partial charge on any atom is -0.348 e. The van der Waals surface area contributed by atoms with E-state index in [0.29, 0.717) is 11.8 Å². The molecule has 1 saturated carbocycles. The van der Waals surface area contributed by atoms with Gasteiger partial charge in [-0.25, -0.2) is 0 Å². The summed E-state index contributed by atoms with van der Waals surface area (Å²) in [5.41, 5.74) is 2.31. The summed E-state index contributed by atoms with van der Waals surface area (Å²) in [5, 5.41) is 15.1. The molecule has 1 N–H and O–H groups in total. The second-order valence-electron chi connectivity index (χ2n) is 8.27. The lowest BCUT2D eigenvalue weighted by atomic mass is 9.99. The van der Waals surface area contributed by atoms with E-state index in [0.717, 1.165) is 42.2 Å². The van der Waals surface area contributed by atoms with E-state index in [1.165, 1.54) is 22.2 Å². The number of nitrogens with one attached hydrogen (secondary N) is 1. The van der Waals surface area contributed by atoms with E-state index in [-0.39, 0.29) is 11.9 Å². The summed E-state index contributed by atoms with van der Waals surface area (Å²) in [5.74, 6) is 1.33. The summed E-state index contributed by atoms with van der Waals surface area (Å²) < 4.78 is 2.25. The van der Waals surface area contributed by atoms with Crippen LogP contribution >= 0.6 is 23.1 Å². The van der Waals surface area contributed by atoms with Crippen LogP contribution in [-0.4, -0.2) is 26.4 Å². The fourth-order valence-electron chi connectivity index (χ4n) is 3.95. The largest absolute Gasteiger partial charge is 0.348 e. The first-order valence-corrected chi connectivity index (χ1v) is 13.1. The van der Waals surface area contributed by atoms with Crippen molar-refractivity contribution in [2.75, 3.05) is 5.75 Å². The predicted molar refractivity (Wildman–Crippen MR) is 134 cm³/mol. The minimum absolute atomic E-state index is 0.00920. The Balaban J connectivity index is 1.26. The third kappa shape index (κ3) is 5.72. The van der Waals surface area contributed by atoms with Gasteiger partial charge in [-0.05, 0) is 41.8 Å². The molecule has 1 aliphatic carbocycles. The van der Waals surface area contributed by atoms with Crippen molar-refractivity contribution in [2.45, 2.75) is 42.9 Å². The Morgan fingerprint density at radius 1 is 1.03 bits per heavy atom. The fraction of sp³-hybridized carbons (Fsp3) is 0.269. The molecule has 168 valence electrons. The molecule has 0 aliphatic heterocycles. The third-order valence-corrected chi connectivity index (χ3v) is 7.53. The first-order chi connectivity index (χ1) is 16.3. The van der Waals surface area contributed by atoms with Gasteiger partial charge in [0.15, 0.2) is 5.16 Å². The highest BCUT2D eigenvalue weighted by molar-refractivity contribution is 7.99. The summed E-state index contributed by atoms with van der Waals surface area (Å²) in [6.07, 6.45) is 3.86. The average molecular weight is 475 g/mol. The maximum Gasteiger partial charge on any atom is 0.230 e. The maximum atomic E-state index is 13.0. The predicted octanol–water partition coefficient (Wildman–Crippen LogP) is 5.46. The quantitative estimate of drug-likeness (QED) is 0.310. The van der Waals surface area contributed by atoms with Crippen LogP contribution in [0.2, 0.25) is 0 Å².